The maximum Gasteiger partial charge on any atom is 0.261 e. The van der Waals surface area contributed by atoms with Crippen LogP contribution in [0.1, 0.15) is 11.1 Å². The molecule has 0 saturated carbocycles. The number of benzene rings is 3. The first kappa shape index (κ1) is 23.1. The monoisotopic (exact) mass is 461 g/mol. The van der Waals surface area contributed by atoms with Gasteiger partial charge in [-0.3, -0.25) is 4.72 Å². The van der Waals surface area contributed by atoms with Crippen molar-refractivity contribution in [2.75, 3.05) is 26.1 Å². The van der Waals surface area contributed by atoms with Gasteiger partial charge in [-0.25, -0.2) is 17.2 Å². The van der Waals surface area contributed by atoms with E-state index in [1.54, 1.807) is 48.6 Å². The molecular weight excluding hydrogens is 440 g/mol. The molecule has 0 radical (unpaired) electrons. The zero-order valence-electron chi connectivity index (χ0n) is 17.6. The molecule has 3 aromatic rings. The van der Waals surface area contributed by atoms with Crippen LogP contribution < -0.4 is 18.9 Å². The average Bonchev–Trinajstić information content (AvgIpc) is 2.78. The fourth-order valence-corrected chi connectivity index (χ4v) is 4.01. The van der Waals surface area contributed by atoms with Crippen LogP contribution in [0.4, 0.5) is 14.5 Å². The number of halogens is 2. The highest BCUT2D eigenvalue weighted by Crippen LogP contribution is 2.38. The van der Waals surface area contributed by atoms with Crippen LogP contribution in [0, 0.1) is 11.6 Å². The van der Waals surface area contributed by atoms with Crippen LogP contribution >= 0.6 is 0 Å². The second-order valence-corrected chi connectivity index (χ2v) is 8.28. The van der Waals surface area contributed by atoms with Crippen molar-refractivity contribution in [2.45, 2.75) is 4.90 Å². The third kappa shape index (κ3) is 5.17. The Labute approximate surface area is 185 Å². The molecule has 32 heavy (non-hydrogen) atoms. The van der Waals surface area contributed by atoms with E-state index >= 15 is 0 Å². The van der Waals surface area contributed by atoms with Crippen molar-refractivity contribution < 1.29 is 31.4 Å². The minimum atomic E-state index is -4.09. The van der Waals surface area contributed by atoms with Crippen molar-refractivity contribution >= 4 is 27.9 Å². The Morgan fingerprint density at radius 2 is 1.44 bits per heavy atom. The highest BCUT2D eigenvalue weighted by Gasteiger charge is 2.17. The Hall–Kier alpha value is -3.59. The molecule has 0 fully saturated rings. The molecule has 0 aromatic heterocycles. The van der Waals surface area contributed by atoms with Gasteiger partial charge in [-0.1, -0.05) is 24.3 Å². The Morgan fingerprint density at radius 1 is 0.781 bits per heavy atom. The Kier molecular flexibility index (Phi) is 6.99. The first-order valence-corrected chi connectivity index (χ1v) is 10.8. The molecule has 9 heteroatoms. The van der Waals surface area contributed by atoms with E-state index in [-0.39, 0.29) is 10.6 Å². The van der Waals surface area contributed by atoms with E-state index in [9.17, 15) is 17.2 Å². The first-order valence-electron chi connectivity index (χ1n) is 9.33. The number of rotatable bonds is 8. The molecule has 0 heterocycles. The van der Waals surface area contributed by atoms with Crippen LogP contribution in [-0.4, -0.2) is 29.7 Å². The van der Waals surface area contributed by atoms with E-state index < -0.39 is 21.7 Å². The van der Waals surface area contributed by atoms with E-state index in [1.165, 1.54) is 21.3 Å². The summed E-state index contributed by atoms with van der Waals surface area (Å²) in [6, 6.07) is 12.5. The van der Waals surface area contributed by atoms with Gasteiger partial charge in [0.1, 0.15) is 0 Å². The van der Waals surface area contributed by atoms with Gasteiger partial charge in [0, 0.05) is 5.69 Å². The van der Waals surface area contributed by atoms with Crippen LogP contribution in [0.15, 0.2) is 59.5 Å². The molecule has 0 atom stereocenters. The van der Waals surface area contributed by atoms with Gasteiger partial charge in [0.05, 0.1) is 26.2 Å². The van der Waals surface area contributed by atoms with Crippen LogP contribution in [-0.2, 0) is 10.0 Å². The van der Waals surface area contributed by atoms with E-state index in [0.717, 1.165) is 17.7 Å². The van der Waals surface area contributed by atoms with Gasteiger partial charge < -0.3 is 14.2 Å². The molecule has 0 saturated heterocycles. The number of hydrogen-bond donors (Lipinski definition) is 1. The van der Waals surface area contributed by atoms with Crippen molar-refractivity contribution in [1.29, 1.82) is 0 Å². The highest BCUT2D eigenvalue weighted by atomic mass is 32.2. The van der Waals surface area contributed by atoms with Crippen molar-refractivity contribution in [2.24, 2.45) is 0 Å². The summed E-state index contributed by atoms with van der Waals surface area (Å²) in [6.45, 7) is 0. The maximum absolute atomic E-state index is 13.4. The number of hydrogen-bond acceptors (Lipinski definition) is 5. The van der Waals surface area contributed by atoms with Gasteiger partial charge in [-0.2, -0.15) is 0 Å². The topological polar surface area (TPSA) is 73.9 Å². The molecule has 0 spiro atoms. The minimum Gasteiger partial charge on any atom is -0.493 e. The van der Waals surface area contributed by atoms with Crippen molar-refractivity contribution in [3.8, 4) is 17.2 Å². The third-order valence-corrected chi connectivity index (χ3v) is 5.87. The fourth-order valence-electron chi connectivity index (χ4n) is 2.95. The van der Waals surface area contributed by atoms with Gasteiger partial charge in [0.2, 0.25) is 5.75 Å². The van der Waals surface area contributed by atoms with Gasteiger partial charge in [-0.05, 0) is 53.6 Å². The van der Waals surface area contributed by atoms with Gasteiger partial charge in [-0.15, -0.1) is 0 Å². The maximum atomic E-state index is 13.4. The average molecular weight is 461 g/mol. The van der Waals surface area contributed by atoms with Crippen LogP contribution in [0.3, 0.4) is 0 Å². The molecule has 168 valence electrons. The largest absolute Gasteiger partial charge is 0.493 e. The number of sulfonamides is 1. The predicted octanol–water partition coefficient (Wildman–Crippen LogP) is 4.96. The first-order chi connectivity index (χ1) is 15.3. The number of anilines is 1. The second-order valence-electron chi connectivity index (χ2n) is 6.60. The standard InChI is InChI=1S/C23H21F2NO5S/c1-29-21-12-16(13-22(30-2)23(21)31-3)8-7-15-5-4-6-17(11-15)26-32(27,28)18-9-10-19(24)20(25)14-18/h4-14,26H,1-3H3. The highest BCUT2D eigenvalue weighted by molar-refractivity contribution is 7.92. The number of methoxy groups -OCH3 is 3. The molecule has 3 rings (SSSR count). The fraction of sp³-hybridized carbons (Fsp3) is 0.130. The smallest absolute Gasteiger partial charge is 0.261 e. The normalized spacial score (nSPS) is 11.4. The predicted molar refractivity (Wildman–Crippen MR) is 119 cm³/mol. The van der Waals surface area contributed by atoms with E-state index in [0.29, 0.717) is 28.9 Å². The Balaban J connectivity index is 1.85. The van der Waals surface area contributed by atoms with Gasteiger partial charge in [0.15, 0.2) is 23.1 Å². The van der Waals surface area contributed by atoms with E-state index in [4.69, 9.17) is 14.2 Å². The molecule has 0 amide bonds. The summed E-state index contributed by atoms with van der Waals surface area (Å²) >= 11 is 0. The lowest BCUT2D eigenvalue weighted by Crippen LogP contribution is -2.13. The quantitative estimate of drug-likeness (QED) is 0.480. The summed E-state index contributed by atoms with van der Waals surface area (Å²) in [5.41, 5.74) is 1.73. The van der Waals surface area contributed by atoms with Crippen LogP contribution in [0.25, 0.3) is 12.2 Å². The number of ether oxygens (including phenoxy) is 3. The molecule has 0 unspecified atom stereocenters. The molecule has 6 nitrogen and oxygen atoms in total. The summed E-state index contributed by atoms with van der Waals surface area (Å²) in [5.74, 6) is -0.891. The molecular formula is C23H21F2NO5S. The van der Waals surface area contributed by atoms with E-state index in [1.807, 2.05) is 0 Å². The van der Waals surface area contributed by atoms with Crippen molar-refractivity contribution in [3.05, 3.63) is 77.4 Å². The SMILES string of the molecule is COc1cc(C=Cc2cccc(NS(=O)(=O)c3ccc(F)c(F)c3)c2)cc(OC)c1OC. The summed E-state index contributed by atoms with van der Waals surface area (Å²) in [4.78, 5) is -0.380. The molecule has 0 aliphatic rings. The summed E-state index contributed by atoms with van der Waals surface area (Å²) < 4.78 is 69.9. The summed E-state index contributed by atoms with van der Waals surface area (Å²) in [7, 11) is 0.469. The Morgan fingerprint density at radius 3 is 2.03 bits per heavy atom. The zero-order valence-corrected chi connectivity index (χ0v) is 18.4. The van der Waals surface area contributed by atoms with Gasteiger partial charge in [0.25, 0.3) is 10.0 Å². The second kappa shape index (κ2) is 9.69. The molecule has 0 bridgehead atoms. The van der Waals surface area contributed by atoms with Gasteiger partial charge >= 0.3 is 0 Å². The lowest BCUT2D eigenvalue weighted by atomic mass is 10.1. The third-order valence-electron chi connectivity index (χ3n) is 4.50. The minimum absolute atomic E-state index is 0.266. The lowest BCUT2D eigenvalue weighted by Gasteiger charge is -2.13. The molecule has 1 N–H and O–H groups in total. The number of nitrogens with one attached hydrogen (secondary N) is 1. The molecule has 3 aromatic carbocycles. The van der Waals surface area contributed by atoms with Crippen molar-refractivity contribution in [3.63, 3.8) is 0 Å². The van der Waals surface area contributed by atoms with Crippen molar-refractivity contribution in [1.82, 2.24) is 0 Å². The van der Waals surface area contributed by atoms with E-state index in [2.05, 4.69) is 4.72 Å². The van der Waals surface area contributed by atoms with Crippen LogP contribution in [0.5, 0.6) is 17.2 Å². The summed E-state index contributed by atoms with van der Waals surface area (Å²) in [5, 5.41) is 0. The summed E-state index contributed by atoms with van der Waals surface area (Å²) in [6.07, 6.45) is 3.57. The van der Waals surface area contributed by atoms with Crippen LogP contribution in [0.2, 0.25) is 0 Å². The molecule has 0 aliphatic carbocycles. The zero-order chi connectivity index (χ0) is 23.3. The lowest BCUT2D eigenvalue weighted by molar-refractivity contribution is 0.324. The Bertz CT molecular complexity index is 1230. The molecule has 0 aliphatic heterocycles.